The van der Waals surface area contributed by atoms with Crippen molar-refractivity contribution in [3.8, 4) is 11.8 Å². The molecule has 1 aliphatic heterocycles. The molecular formula is C14H17N3O3S. The molecule has 2 rings (SSSR count). The molecule has 0 aliphatic carbocycles. The largest absolute Gasteiger partial charge is 0.354 e. The van der Waals surface area contributed by atoms with E-state index in [1.165, 1.54) is 6.07 Å². The third kappa shape index (κ3) is 3.82. The highest BCUT2D eigenvalue weighted by Gasteiger charge is 2.27. The molecule has 21 heavy (non-hydrogen) atoms. The summed E-state index contributed by atoms with van der Waals surface area (Å²) < 4.78 is 27.4. The van der Waals surface area contributed by atoms with Crippen molar-refractivity contribution in [1.82, 2.24) is 10.0 Å². The summed E-state index contributed by atoms with van der Waals surface area (Å²) >= 11 is 0. The molecule has 1 aromatic rings. The molecule has 1 aliphatic rings. The molecule has 7 heteroatoms. The van der Waals surface area contributed by atoms with Crippen LogP contribution in [-0.2, 0) is 14.8 Å². The van der Waals surface area contributed by atoms with Crippen molar-refractivity contribution >= 4 is 15.9 Å². The number of nitrogens with one attached hydrogen (secondary N) is 2. The molecule has 6 nitrogen and oxygen atoms in total. The van der Waals surface area contributed by atoms with Crippen LogP contribution in [0.2, 0.25) is 0 Å². The van der Waals surface area contributed by atoms with Crippen molar-refractivity contribution in [2.24, 2.45) is 5.73 Å². The van der Waals surface area contributed by atoms with E-state index >= 15 is 0 Å². The molecule has 0 bridgehead atoms. The van der Waals surface area contributed by atoms with Crippen LogP contribution in [0.15, 0.2) is 23.1 Å². The van der Waals surface area contributed by atoms with Gasteiger partial charge in [-0.3, -0.25) is 4.79 Å². The molecule has 112 valence electrons. The van der Waals surface area contributed by atoms with Crippen LogP contribution in [0.3, 0.4) is 0 Å². The van der Waals surface area contributed by atoms with Gasteiger partial charge >= 0.3 is 0 Å². The smallest absolute Gasteiger partial charge is 0.241 e. The van der Waals surface area contributed by atoms with Crippen LogP contribution in [0.5, 0.6) is 0 Å². The van der Waals surface area contributed by atoms with Crippen molar-refractivity contribution < 1.29 is 13.2 Å². The zero-order valence-corrected chi connectivity index (χ0v) is 12.5. The lowest BCUT2D eigenvalue weighted by atomic mass is 10.1. The van der Waals surface area contributed by atoms with Gasteiger partial charge in [0.05, 0.1) is 11.4 Å². The zero-order valence-electron chi connectivity index (χ0n) is 11.6. The Morgan fingerprint density at radius 3 is 2.86 bits per heavy atom. The van der Waals surface area contributed by atoms with Gasteiger partial charge in [-0.15, -0.1) is 0 Å². The number of nitrogens with two attached hydrogens (primary N) is 1. The molecule has 0 aromatic heterocycles. The van der Waals surface area contributed by atoms with Crippen LogP contribution in [0.1, 0.15) is 17.5 Å². The first-order valence-corrected chi connectivity index (χ1v) is 7.99. The second-order valence-corrected chi connectivity index (χ2v) is 6.49. The molecule has 1 amide bonds. The highest BCUT2D eigenvalue weighted by molar-refractivity contribution is 7.89. The van der Waals surface area contributed by atoms with Crippen LogP contribution in [0, 0.1) is 18.8 Å². The van der Waals surface area contributed by atoms with Gasteiger partial charge in [0.25, 0.3) is 0 Å². The Balaban J connectivity index is 2.28. The van der Waals surface area contributed by atoms with Crippen LogP contribution in [-0.4, -0.2) is 33.5 Å². The van der Waals surface area contributed by atoms with E-state index in [0.717, 1.165) is 0 Å². The minimum absolute atomic E-state index is 0.151. The average Bonchev–Trinajstić information content (AvgIpc) is 2.82. The van der Waals surface area contributed by atoms with E-state index in [4.69, 9.17) is 5.73 Å². The number of hydrogen-bond donors (Lipinski definition) is 3. The topological polar surface area (TPSA) is 101 Å². The SMILES string of the molecule is Cc1ccc(C#CCN)cc1S(=O)(=O)NC1CNC(=O)C1. The molecular weight excluding hydrogens is 290 g/mol. The molecule has 1 aromatic carbocycles. The monoisotopic (exact) mass is 307 g/mol. The Hall–Kier alpha value is -1.88. The standard InChI is InChI=1S/C14H17N3O3S/c1-10-4-5-11(3-2-6-15)7-13(10)21(19,20)17-12-8-14(18)16-9-12/h4-5,7,12,17H,6,8-9,15H2,1H3,(H,16,18). The van der Waals surface area contributed by atoms with Gasteiger partial charge in [0.2, 0.25) is 15.9 Å². The van der Waals surface area contributed by atoms with Crippen LogP contribution in [0.4, 0.5) is 0 Å². The van der Waals surface area contributed by atoms with E-state index in [9.17, 15) is 13.2 Å². The Morgan fingerprint density at radius 1 is 1.48 bits per heavy atom. The minimum atomic E-state index is -3.69. The first-order valence-electron chi connectivity index (χ1n) is 6.51. The minimum Gasteiger partial charge on any atom is -0.354 e. The number of aryl methyl sites for hydroxylation is 1. The number of rotatable bonds is 3. The maximum atomic E-state index is 12.4. The second kappa shape index (κ2) is 6.26. The van der Waals surface area contributed by atoms with E-state index in [0.29, 0.717) is 17.7 Å². The van der Waals surface area contributed by atoms with Gasteiger partial charge in [0.1, 0.15) is 0 Å². The summed E-state index contributed by atoms with van der Waals surface area (Å²) in [5, 5.41) is 2.60. The number of hydrogen-bond acceptors (Lipinski definition) is 4. The predicted molar refractivity (Wildman–Crippen MR) is 78.8 cm³/mol. The summed E-state index contributed by atoms with van der Waals surface area (Å²) in [6.07, 6.45) is 0.158. The zero-order chi connectivity index (χ0) is 15.5. The number of amides is 1. The van der Waals surface area contributed by atoms with Gasteiger partial charge in [0, 0.05) is 24.6 Å². The fraction of sp³-hybridized carbons (Fsp3) is 0.357. The number of sulfonamides is 1. The Morgan fingerprint density at radius 2 is 2.24 bits per heavy atom. The molecule has 1 atom stereocenters. The third-order valence-electron chi connectivity index (χ3n) is 3.11. The lowest BCUT2D eigenvalue weighted by Crippen LogP contribution is -2.36. The first-order chi connectivity index (χ1) is 9.92. The molecule has 0 spiro atoms. The third-order valence-corrected chi connectivity index (χ3v) is 4.77. The van der Waals surface area contributed by atoms with Crippen molar-refractivity contribution in [3.63, 3.8) is 0 Å². The van der Waals surface area contributed by atoms with Crippen molar-refractivity contribution in [2.45, 2.75) is 24.3 Å². The van der Waals surface area contributed by atoms with Gasteiger partial charge in [-0.25, -0.2) is 13.1 Å². The van der Waals surface area contributed by atoms with E-state index in [-0.39, 0.29) is 23.8 Å². The average molecular weight is 307 g/mol. The lowest BCUT2D eigenvalue weighted by Gasteiger charge is -2.13. The number of carbonyl (C=O) groups is 1. The molecule has 0 radical (unpaired) electrons. The van der Waals surface area contributed by atoms with Crippen LogP contribution < -0.4 is 15.8 Å². The summed E-state index contributed by atoms with van der Waals surface area (Å²) in [6, 6.07) is 4.55. The summed E-state index contributed by atoms with van der Waals surface area (Å²) in [5.41, 5.74) is 6.52. The van der Waals surface area contributed by atoms with E-state index in [1.54, 1.807) is 19.1 Å². The molecule has 1 unspecified atom stereocenters. The summed E-state index contributed by atoms with van der Waals surface area (Å²) in [7, 11) is -3.69. The van der Waals surface area contributed by atoms with E-state index in [1.807, 2.05) is 0 Å². The summed E-state index contributed by atoms with van der Waals surface area (Å²) in [4.78, 5) is 11.3. The van der Waals surface area contributed by atoms with Crippen molar-refractivity contribution in [2.75, 3.05) is 13.1 Å². The predicted octanol–water partition coefficient (Wildman–Crippen LogP) is -0.528. The number of carbonyl (C=O) groups excluding carboxylic acids is 1. The fourth-order valence-electron chi connectivity index (χ4n) is 2.09. The molecule has 1 saturated heterocycles. The fourth-order valence-corrected chi connectivity index (χ4v) is 3.60. The van der Waals surface area contributed by atoms with E-state index in [2.05, 4.69) is 21.9 Å². The maximum Gasteiger partial charge on any atom is 0.241 e. The second-order valence-electron chi connectivity index (χ2n) is 4.81. The first kappa shape index (κ1) is 15.5. The van der Waals surface area contributed by atoms with Gasteiger partial charge < -0.3 is 11.1 Å². The molecule has 0 saturated carbocycles. The summed E-state index contributed by atoms with van der Waals surface area (Å²) in [5.74, 6) is 5.35. The van der Waals surface area contributed by atoms with Gasteiger partial charge in [-0.2, -0.15) is 0 Å². The summed E-state index contributed by atoms with van der Waals surface area (Å²) in [6.45, 7) is 2.24. The normalized spacial score (nSPS) is 18.0. The lowest BCUT2D eigenvalue weighted by molar-refractivity contribution is -0.119. The van der Waals surface area contributed by atoms with Crippen molar-refractivity contribution in [3.05, 3.63) is 29.3 Å². The Labute approximate surface area is 124 Å². The molecule has 1 fully saturated rings. The number of benzene rings is 1. The van der Waals surface area contributed by atoms with Gasteiger partial charge in [0.15, 0.2) is 0 Å². The van der Waals surface area contributed by atoms with Gasteiger partial charge in [-0.1, -0.05) is 17.9 Å². The molecule has 4 N–H and O–H groups in total. The van der Waals surface area contributed by atoms with Crippen LogP contribution in [0.25, 0.3) is 0 Å². The quantitative estimate of drug-likeness (QED) is 0.654. The Bertz CT molecular complexity index is 717. The highest BCUT2D eigenvalue weighted by Crippen LogP contribution is 2.18. The van der Waals surface area contributed by atoms with Crippen LogP contribution >= 0.6 is 0 Å². The van der Waals surface area contributed by atoms with E-state index < -0.39 is 16.1 Å². The Kier molecular flexibility index (Phi) is 4.63. The molecule has 1 heterocycles. The van der Waals surface area contributed by atoms with Gasteiger partial charge in [-0.05, 0) is 24.6 Å². The maximum absolute atomic E-state index is 12.4. The van der Waals surface area contributed by atoms with Crippen molar-refractivity contribution in [1.29, 1.82) is 0 Å². The highest BCUT2D eigenvalue weighted by atomic mass is 32.2.